The molecule has 90 valence electrons. The topological polar surface area (TPSA) is 97.7 Å². The largest absolute Gasteiger partial charge is 0.508 e. The Morgan fingerprint density at radius 3 is 2.12 bits per heavy atom. The summed E-state index contributed by atoms with van der Waals surface area (Å²) in [6.45, 7) is 0. The number of hydrogen-bond acceptors (Lipinski definition) is 6. The molecule has 0 fully saturated rings. The van der Waals surface area contributed by atoms with Gasteiger partial charge in [0.15, 0.2) is 15.6 Å². The zero-order valence-corrected chi connectivity index (χ0v) is 10.2. The molecule has 0 spiro atoms. The molecule has 0 aliphatic carbocycles. The molecule has 0 unspecified atom stereocenters. The first-order valence-electron chi connectivity index (χ1n) is 4.02. The van der Waals surface area contributed by atoms with Gasteiger partial charge >= 0.3 is 10.1 Å². The van der Waals surface area contributed by atoms with Gasteiger partial charge in [-0.15, -0.1) is 0 Å². The zero-order chi connectivity index (χ0) is 12.6. The molecule has 1 N–H and O–H groups in total. The molecule has 0 heterocycles. The van der Waals surface area contributed by atoms with Crippen molar-refractivity contribution in [3.05, 3.63) is 18.2 Å². The molecule has 0 radical (unpaired) electrons. The molecular formula is C8H10O6S2. The van der Waals surface area contributed by atoms with E-state index in [1.165, 1.54) is 0 Å². The molecule has 1 aromatic rings. The highest BCUT2D eigenvalue weighted by molar-refractivity contribution is 7.91. The summed E-state index contributed by atoms with van der Waals surface area (Å²) in [6, 6.07) is 3.14. The third-order valence-corrected chi connectivity index (χ3v) is 3.17. The van der Waals surface area contributed by atoms with Crippen LogP contribution in [0.3, 0.4) is 0 Å². The van der Waals surface area contributed by atoms with E-state index in [2.05, 4.69) is 4.18 Å². The van der Waals surface area contributed by atoms with Crippen LogP contribution in [0.25, 0.3) is 0 Å². The second-order valence-corrected chi connectivity index (χ2v) is 6.75. The van der Waals surface area contributed by atoms with Gasteiger partial charge in [0.05, 0.1) is 6.26 Å². The highest BCUT2D eigenvalue weighted by Crippen LogP contribution is 2.28. The van der Waals surface area contributed by atoms with E-state index in [0.29, 0.717) is 0 Å². The average Bonchev–Trinajstić information content (AvgIpc) is 2.04. The lowest BCUT2D eigenvalue weighted by atomic mass is 10.3. The van der Waals surface area contributed by atoms with Gasteiger partial charge in [0, 0.05) is 12.3 Å². The number of sulfone groups is 1. The molecule has 0 aromatic heterocycles. The first-order chi connectivity index (χ1) is 7.09. The molecule has 16 heavy (non-hydrogen) atoms. The Morgan fingerprint density at radius 1 is 1.12 bits per heavy atom. The lowest BCUT2D eigenvalue weighted by Crippen LogP contribution is -2.09. The van der Waals surface area contributed by atoms with Crippen LogP contribution in [0.4, 0.5) is 0 Å². The van der Waals surface area contributed by atoms with Crippen molar-refractivity contribution in [3.63, 3.8) is 0 Å². The minimum Gasteiger partial charge on any atom is -0.508 e. The van der Waals surface area contributed by atoms with Gasteiger partial charge in [-0.25, -0.2) is 8.42 Å². The molecule has 0 amide bonds. The van der Waals surface area contributed by atoms with Crippen LogP contribution in [0.2, 0.25) is 0 Å². The van der Waals surface area contributed by atoms with Crippen molar-refractivity contribution in [2.75, 3.05) is 12.5 Å². The maximum absolute atomic E-state index is 11.3. The fourth-order valence-corrected chi connectivity index (χ4v) is 2.35. The van der Waals surface area contributed by atoms with E-state index in [4.69, 9.17) is 5.11 Å². The molecule has 1 rings (SSSR count). The molecule has 0 aliphatic rings. The summed E-state index contributed by atoms with van der Waals surface area (Å²) in [7, 11) is -7.50. The van der Waals surface area contributed by atoms with Crippen molar-refractivity contribution in [1.82, 2.24) is 0 Å². The van der Waals surface area contributed by atoms with Crippen LogP contribution in [-0.4, -0.2) is 34.5 Å². The van der Waals surface area contributed by atoms with Crippen molar-refractivity contribution in [2.45, 2.75) is 4.90 Å². The van der Waals surface area contributed by atoms with Crippen LogP contribution in [0.5, 0.6) is 11.5 Å². The van der Waals surface area contributed by atoms with Gasteiger partial charge in [-0.05, 0) is 12.1 Å². The predicted octanol–water partition coefficient (Wildman–Crippen LogP) is 0.134. The van der Waals surface area contributed by atoms with Gasteiger partial charge in [0.2, 0.25) is 0 Å². The normalized spacial score (nSPS) is 12.4. The third kappa shape index (κ3) is 3.38. The van der Waals surface area contributed by atoms with E-state index in [-0.39, 0.29) is 16.4 Å². The van der Waals surface area contributed by atoms with Crippen LogP contribution < -0.4 is 4.18 Å². The van der Waals surface area contributed by atoms with E-state index in [0.717, 1.165) is 30.7 Å². The summed E-state index contributed by atoms with van der Waals surface area (Å²) in [5, 5.41) is 9.13. The standard InChI is InChI=1S/C8H10O6S2/c1-15(10,11)8-5-6(9)3-4-7(8)14-16(2,12)13/h3-5,9H,1-2H3. The lowest BCUT2D eigenvalue weighted by molar-refractivity contribution is 0.463. The number of rotatable bonds is 3. The van der Waals surface area contributed by atoms with Crippen molar-refractivity contribution in [3.8, 4) is 11.5 Å². The molecule has 0 saturated carbocycles. The van der Waals surface area contributed by atoms with Gasteiger partial charge in [0.1, 0.15) is 10.6 Å². The quantitative estimate of drug-likeness (QED) is 0.781. The Bertz CT molecular complexity index is 599. The highest BCUT2D eigenvalue weighted by atomic mass is 32.2. The first kappa shape index (κ1) is 12.8. The summed E-state index contributed by atoms with van der Waals surface area (Å²) in [6.07, 6.45) is 1.68. The number of aromatic hydroxyl groups is 1. The fraction of sp³-hybridized carbons (Fsp3) is 0.250. The minimum absolute atomic E-state index is 0.290. The Balaban J connectivity index is 3.41. The van der Waals surface area contributed by atoms with Gasteiger partial charge in [-0.2, -0.15) is 8.42 Å². The van der Waals surface area contributed by atoms with E-state index in [9.17, 15) is 16.8 Å². The summed E-state index contributed by atoms with van der Waals surface area (Å²) in [4.78, 5) is -0.377. The summed E-state index contributed by atoms with van der Waals surface area (Å²) < 4.78 is 48.9. The maximum atomic E-state index is 11.3. The molecule has 0 aliphatic heterocycles. The summed E-state index contributed by atoms with van der Waals surface area (Å²) in [5.41, 5.74) is 0. The van der Waals surface area contributed by atoms with E-state index in [1.54, 1.807) is 0 Å². The maximum Gasteiger partial charge on any atom is 0.306 e. The SMILES string of the molecule is CS(=O)(=O)Oc1ccc(O)cc1S(C)(=O)=O. The molecule has 0 saturated heterocycles. The van der Waals surface area contributed by atoms with Gasteiger partial charge in [-0.3, -0.25) is 0 Å². The molecule has 6 nitrogen and oxygen atoms in total. The van der Waals surface area contributed by atoms with Crippen molar-refractivity contribution in [2.24, 2.45) is 0 Å². The Morgan fingerprint density at radius 2 is 1.69 bits per heavy atom. The predicted molar refractivity (Wildman–Crippen MR) is 56.7 cm³/mol. The summed E-state index contributed by atoms with van der Waals surface area (Å²) >= 11 is 0. The number of hydrogen-bond donors (Lipinski definition) is 1. The molecule has 0 atom stereocenters. The number of phenols is 1. The fourth-order valence-electron chi connectivity index (χ4n) is 1.02. The molecule has 0 bridgehead atoms. The zero-order valence-electron chi connectivity index (χ0n) is 8.54. The number of benzene rings is 1. The van der Waals surface area contributed by atoms with Crippen LogP contribution in [0.15, 0.2) is 23.1 Å². The van der Waals surface area contributed by atoms with E-state index in [1.807, 2.05) is 0 Å². The van der Waals surface area contributed by atoms with Gasteiger partial charge < -0.3 is 9.29 Å². The molecule has 1 aromatic carbocycles. The minimum atomic E-state index is -3.82. The van der Waals surface area contributed by atoms with Gasteiger partial charge in [-0.1, -0.05) is 0 Å². The first-order valence-corrected chi connectivity index (χ1v) is 7.73. The van der Waals surface area contributed by atoms with E-state index < -0.39 is 20.0 Å². The van der Waals surface area contributed by atoms with Crippen LogP contribution in [-0.2, 0) is 20.0 Å². The Kier molecular flexibility index (Phi) is 3.15. The number of phenolic OH excluding ortho intramolecular Hbond substituents is 1. The van der Waals surface area contributed by atoms with Crippen molar-refractivity contribution >= 4 is 20.0 Å². The van der Waals surface area contributed by atoms with E-state index >= 15 is 0 Å². The van der Waals surface area contributed by atoms with Crippen molar-refractivity contribution < 1.29 is 26.1 Å². The highest BCUT2D eigenvalue weighted by Gasteiger charge is 2.18. The molecular weight excluding hydrogens is 256 g/mol. The third-order valence-electron chi connectivity index (χ3n) is 1.57. The monoisotopic (exact) mass is 266 g/mol. The molecule has 8 heteroatoms. The second-order valence-electron chi connectivity index (χ2n) is 3.19. The Hall–Kier alpha value is -1.28. The average molecular weight is 266 g/mol. The van der Waals surface area contributed by atoms with Crippen LogP contribution in [0.1, 0.15) is 0 Å². The lowest BCUT2D eigenvalue weighted by Gasteiger charge is -2.08. The van der Waals surface area contributed by atoms with Crippen LogP contribution in [0, 0.1) is 0 Å². The van der Waals surface area contributed by atoms with Crippen LogP contribution >= 0.6 is 0 Å². The smallest absolute Gasteiger partial charge is 0.306 e. The Labute approximate surface area is 93.5 Å². The summed E-state index contributed by atoms with van der Waals surface area (Å²) in [5.74, 6) is -0.621. The second kappa shape index (κ2) is 3.95. The van der Waals surface area contributed by atoms with Gasteiger partial charge in [0.25, 0.3) is 0 Å². The van der Waals surface area contributed by atoms with Crippen molar-refractivity contribution in [1.29, 1.82) is 0 Å².